The summed E-state index contributed by atoms with van der Waals surface area (Å²) >= 11 is 0. The minimum absolute atomic E-state index is 0.166. The highest BCUT2D eigenvalue weighted by atomic mass is 16.5. The Morgan fingerprint density at radius 1 is 1.03 bits per heavy atom. The fraction of sp³-hybridized carbons (Fsp3) is 0.667. The maximum Gasteiger partial charge on any atom is 0.320 e. The maximum atomic E-state index is 12.8. The zero-order chi connectivity index (χ0) is 19.8. The first-order valence-electron chi connectivity index (χ1n) is 10.9. The lowest BCUT2D eigenvalue weighted by atomic mass is 9.93. The number of pyridine rings is 1. The van der Waals surface area contributed by atoms with Crippen LogP contribution in [0.5, 0.6) is 0 Å². The van der Waals surface area contributed by atoms with E-state index in [0.29, 0.717) is 32.2 Å². The summed E-state index contributed by atoms with van der Waals surface area (Å²) in [5.41, 5.74) is 3.32. The first kappa shape index (κ1) is 18.7. The molecule has 5 heterocycles. The second kappa shape index (κ2) is 7.82. The first-order valence-corrected chi connectivity index (χ1v) is 10.9. The lowest BCUT2D eigenvalue weighted by Gasteiger charge is -2.37. The molecular formula is C21H30N6O2. The van der Waals surface area contributed by atoms with Gasteiger partial charge in [0.15, 0.2) is 5.82 Å². The van der Waals surface area contributed by atoms with Crippen molar-refractivity contribution in [3.05, 3.63) is 18.1 Å². The summed E-state index contributed by atoms with van der Waals surface area (Å²) in [6.07, 6.45) is 6.27. The molecule has 0 aromatic carbocycles. The Labute approximate surface area is 171 Å². The Morgan fingerprint density at radius 3 is 2.45 bits per heavy atom. The minimum Gasteiger partial charge on any atom is -0.378 e. The van der Waals surface area contributed by atoms with Gasteiger partial charge in [0.25, 0.3) is 0 Å². The minimum atomic E-state index is 0.166. The lowest BCUT2D eigenvalue weighted by molar-refractivity contribution is 0.0411. The molecule has 0 aliphatic carbocycles. The van der Waals surface area contributed by atoms with Crippen LogP contribution >= 0.6 is 0 Å². The molecule has 29 heavy (non-hydrogen) atoms. The molecule has 2 aromatic rings. The van der Waals surface area contributed by atoms with Crippen molar-refractivity contribution in [3.63, 3.8) is 0 Å². The van der Waals surface area contributed by atoms with Crippen LogP contribution in [0.25, 0.3) is 11.0 Å². The van der Waals surface area contributed by atoms with Crippen molar-refractivity contribution in [2.75, 3.05) is 57.4 Å². The van der Waals surface area contributed by atoms with Gasteiger partial charge in [-0.2, -0.15) is 0 Å². The molecule has 156 valence electrons. The van der Waals surface area contributed by atoms with Gasteiger partial charge in [0.05, 0.1) is 25.1 Å². The second-order valence-corrected chi connectivity index (χ2v) is 8.43. The van der Waals surface area contributed by atoms with Gasteiger partial charge in [-0.3, -0.25) is 0 Å². The molecule has 3 fully saturated rings. The molecule has 0 bridgehead atoms. The molecule has 3 aliphatic heterocycles. The van der Waals surface area contributed by atoms with Gasteiger partial charge in [0.2, 0.25) is 0 Å². The fourth-order valence-electron chi connectivity index (χ4n) is 4.81. The number of likely N-dealkylation sites (tertiary alicyclic amines) is 1. The summed E-state index contributed by atoms with van der Waals surface area (Å²) in [6.45, 7) is 6.43. The van der Waals surface area contributed by atoms with Crippen LogP contribution in [0, 0.1) is 0 Å². The molecule has 8 nitrogen and oxygen atoms in total. The number of hydrogen-bond acceptors (Lipinski definition) is 5. The smallest absolute Gasteiger partial charge is 0.320 e. The van der Waals surface area contributed by atoms with Gasteiger partial charge in [-0.05, 0) is 31.7 Å². The van der Waals surface area contributed by atoms with E-state index in [9.17, 15) is 4.79 Å². The van der Waals surface area contributed by atoms with Crippen molar-refractivity contribution in [1.29, 1.82) is 0 Å². The topological polar surface area (TPSA) is 66.7 Å². The highest BCUT2D eigenvalue weighted by Gasteiger charge is 2.29. The fourth-order valence-corrected chi connectivity index (χ4v) is 4.81. The standard InChI is InChI=1S/C21H30N6O2/c1-24-15-22-19-18(24)14-17(23-20(19)25-6-2-3-7-25)16-4-8-26(9-5-16)21(28)27-10-12-29-13-11-27/h14-16H,2-13H2,1H3. The number of aryl methyl sites for hydroxylation is 1. The SMILES string of the molecule is Cn1cnc2c(N3CCCC3)nc(C3CCN(C(=O)N4CCOCC4)CC3)cc21. The summed E-state index contributed by atoms with van der Waals surface area (Å²) in [7, 11) is 2.05. The van der Waals surface area contributed by atoms with Gasteiger partial charge in [0, 0.05) is 57.9 Å². The normalized spacial score (nSPS) is 21.3. The molecular weight excluding hydrogens is 368 g/mol. The number of carbonyl (C=O) groups excluding carboxylic acids is 1. The number of carbonyl (C=O) groups is 1. The average molecular weight is 399 g/mol. The van der Waals surface area contributed by atoms with E-state index in [-0.39, 0.29) is 6.03 Å². The zero-order valence-corrected chi connectivity index (χ0v) is 17.2. The van der Waals surface area contributed by atoms with Gasteiger partial charge < -0.3 is 24.0 Å². The molecule has 0 atom stereocenters. The van der Waals surface area contributed by atoms with E-state index in [2.05, 4.69) is 27.6 Å². The third kappa shape index (κ3) is 3.54. The quantitative estimate of drug-likeness (QED) is 0.776. The predicted octanol–water partition coefficient (Wildman–Crippen LogP) is 2.20. The van der Waals surface area contributed by atoms with Crippen LogP contribution in [0.15, 0.2) is 12.4 Å². The number of aromatic nitrogens is 3. The molecule has 8 heteroatoms. The predicted molar refractivity (Wildman–Crippen MR) is 111 cm³/mol. The van der Waals surface area contributed by atoms with Crippen molar-refractivity contribution < 1.29 is 9.53 Å². The van der Waals surface area contributed by atoms with E-state index in [1.54, 1.807) is 0 Å². The molecule has 2 amide bonds. The van der Waals surface area contributed by atoms with Crippen LogP contribution < -0.4 is 4.90 Å². The third-order valence-electron chi connectivity index (χ3n) is 6.59. The van der Waals surface area contributed by atoms with Crippen LogP contribution in [0.1, 0.15) is 37.3 Å². The van der Waals surface area contributed by atoms with E-state index >= 15 is 0 Å². The van der Waals surface area contributed by atoms with E-state index in [1.165, 1.54) is 12.8 Å². The summed E-state index contributed by atoms with van der Waals surface area (Å²) in [4.78, 5) is 28.8. The molecule has 5 rings (SSSR count). The Kier molecular flexibility index (Phi) is 5.03. The maximum absolute atomic E-state index is 12.8. The molecule has 0 spiro atoms. The molecule has 0 N–H and O–H groups in total. The Hall–Kier alpha value is -2.35. The number of ether oxygens (including phenoxy) is 1. The van der Waals surface area contributed by atoms with Crippen molar-refractivity contribution in [1.82, 2.24) is 24.3 Å². The van der Waals surface area contributed by atoms with Crippen LogP contribution in [0.3, 0.4) is 0 Å². The van der Waals surface area contributed by atoms with E-state index < -0.39 is 0 Å². The number of rotatable bonds is 2. The van der Waals surface area contributed by atoms with Crippen LogP contribution in [0.2, 0.25) is 0 Å². The molecule has 2 aromatic heterocycles. The largest absolute Gasteiger partial charge is 0.378 e. The number of anilines is 1. The Morgan fingerprint density at radius 2 is 1.72 bits per heavy atom. The number of hydrogen-bond donors (Lipinski definition) is 0. The number of piperidine rings is 1. The summed E-state index contributed by atoms with van der Waals surface area (Å²) < 4.78 is 7.47. The summed E-state index contributed by atoms with van der Waals surface area (Å²) in [6, 6.07) is 2.38. The number of fused-ring (bicyclic) bond motifs is 1. The second-order valence-electron chi connectivity index (χ2n) is 8.43. The van der Waals surface area contributed by atoms with Crippen molar-refractivity contribution in [2.45, 2.75) is 31.6 Å². The van der Waals surface area contributed by atoms with Crippen LogP contribution in [-0.2, 0) is 11.8 Å². The number of morpholine rings is 1. The van der Waals surface area contributed by atoms with Crippen LogP contribution in [-0.4, -0.2) is 82.8 Å². The van der Waals surface area contributed by atoms with E-state index in [0.717, 1.165) is 61.6 Å². The van der Waals surface area contributed by atoms with Gasteiger partial charge in [-0.25, -0.2) is 14.8 Å². The van der Waals surface area contributed by atoms with Crippen molar-refractivity contribution in [3.8, 4) is 0 Å². The van der Waals surface area contributed by atoms with E-state index in [4.69, 9.17) is 9.72 Å². The average Bonchev–Trinajstić information content (AvgIpc) is 3.44. The van der Waals surface area contributed by atoms with Gasteiger partial charge in [0.1, 0.15) is 5.52 Å². The van der Waals surface area contributed by atoms with Crippen molar-refractivity contribution >= 4 is 22.9 Å². The summed E-state index contributed by atoms with van der Waals surface area (Å²) in [5.74, 6) is 1.44. The Balaban J connectivity index is 1.34. The van der Waals surface area contributed by atoms with Gasteiger partial charge in [-0.15, -0.1) is 0 Å². The Bertz CT molecular complexity index is 877. The summed E-state index contributed by atoms with van der Waals surface area (Å²) in [5, 5.41) is 0. The third-order valence-corrected chi connectivity index (χ3v) is 6.59. The number of nitrogens with zero attached hydrogens (tertiary/aromatic N) is 6. The molecule has 3 aliphatic rings. The number of amides is 2. The van der Waals surface area contributed by atoms with Crippen LogP contribution in [0.4, 0.5) is 10.6 Å². The number of imidazole rings is 1. The molecule has 0 radical (unpaired) electrons. The van der Waals surface area contributed by atoms with Crippen molar-refractivity contribution in [2.24, 2.45) is 7.05 Å². The highest BCUT2D eigenvalue weighted by molar-refractivity contribution is 5.87. The molecule has 3 saturated heterocycles. The highest BCUT2D eigenvalue weighted by Crippen LogP contribution is 2.33. The first-order chi connectivity index (χ1) is 14.2. The molecule has 0 saturated carbocycles. The lowest BCUT2D eigenvalue weighted by Crippen LogP contribution is -2.50. The van der Waals surface area contributed by atoms with Gasteiger partial charge in [-0.1, -0.05) is 0 Å². The number of urea groups is 1. The van der Waals surface area contributed by atoms with E-state index in [1.807, 2.05) is 16.1 Å². The monoisotopic (exact) mass is 398 g/mol. The van der Waals surface area contributed by atoms with Gasteiger partial charge >= 0.3 is 6.03 Å². The molecule has 0 unspecified atom stereocenters. The zero-order valence-electron chi connectivity index (χ0n) is 17.2.